The van der Waals surface area contributed by atoms with E-state index in [1.807, 2.05) is 20.8 Å². The van der Waals surface area contributed by atoms with Crippen LogP contribution in [0.15, 0.2) is 23.1 Å². The maximum absolute atomic E-state index is 13.9. The molecule has 0 fully saturated rings. The van der Waals surface area contributed by atoms with Crippen LogP contribution in [0.2, 0.25) is 0 Å². The summed E-state index contributed by atoms with van der Waals surface area (Å²) in [6.07, 6.45) is 2.35. The Bertz CT molecular complexity index is 585. The highest BCUT2D eigenvalue weighted by atomic mass is 32.2. The maximum Gasteiger partial charge on any atom is 0.178 e. The second-order valence-corrected chi connectivity index (χ2v) is 7.72. The fourth-order valence-corrected chi connectivity index (χ4v) is 3.23. The van der Waals surface area contributed by atoms with E-state index in [1.54, 1.807) is 6.07 Å². The molecule has 0 bridgehead atoms. The minimum atomic E-state index is -3.56. The van der Waals surface area contributed by atoms with Gasteiger partial charge in [0.15, 0.2) is 9.84 Å². The van der Waals surface area contributed by atoms with Crippen LogP contribution in [0.3, 0.4) is 0 Å². The Kier molecular flexibility index (Phi) is 6.97. The van der Waals surface area contributed by atoms with Gasteiger partial charge in [-0.3, -0.25) is 0 Å². The van der Waals surface area contributed by atoms with E-state index >= 15 is 0 Å². The van der Waals surface area contributed by atoms with E-state index in [0.29, 0.717) is 12.1 Å². The average Bonchev–Trinajstić information content (AvgIpc) is 2.44. The number of sulfone groups is 1. The van der Waals surface area contributed by atoms with Crippen LogP contribution >= 0.6 is 0 Å². The number of nitrogens with one attached hydrogen (secondary N) is 1. The number of hydrogen-bond acceptors (Lipinski definition) is 4. The molecule has 2 N–H and O–H groups in total. The van der Waals surface area contributed by atoms with Crippen LogP contribution in [-0.4, -0.2) is 32.4 Å². The maximum atomic E-state index is 13.9. The molecule has 6 heteroatoms. The lowest BCUT2D eigenvalue weighted by atomic mass is 9.96. The third-order valence-corrected chi connectivity index (χ3v) is 5.21. The number of aliphatic hydroxyl groups excluding tert-OH is 1. The standard InChI is InChI=1S/C16H26FNO3S/c1-5-12(6-2)15(19)10-18-11(3)13-7-8-16(14(17)9-13)22(4,20)21/h7-9,11-12,15,18-19H,5-6,10H2,1-4H3. The third kappa shape index (κ3) is 5.04. The summed E-state index contributed by atoms with van der Waals surface area (Å²) < 4.78 is 36.7. The van der Waals surface area contributed by atoms with Gasteiger partial charge in [-0.05, 0) is 30.5 Å². The molecule has 0 aliphatic heterocycles. The first-order valence-electron chi connectivity index (χ1n) is 7.61. The number of hydrogen-bond donors (Lipinski definition) is 2. The summed E-state index contributed by atoms with van der Waals surface area (Å²) in [6.45, 7) is 6.36. The summed E-state index contributed by atoms with van der Waals surface area (Å²) in [5, 5.41) is 13.3. The van der Waals surface area contributed by atoms with Crippen LogP contribution in [0, 0.1) is 11.7 Å². The van der Waals surface area contributed by atoms with Gasteiger partial charge >= 0.3 is 0 Å². The van der Waals surface area contributed by atoms with Gasteiger partial charge < -0.3 is 10.4 Å². The van der Waals surface area contributed by atoms with Gasteiger partial charge in [0, 0.05) is 18.8 Å². The van der Waals surface area contributed by atoms with Gasteiger partial charge in [-0.15, -0.1) is 0 Å². The Morgan fingerprint density at radius 1 is 1.27 bits per heavy atom. The zero-order valence-corrected chi connectivity index (χ0v) is 14.5. The lowest BCUT2D eigenvalue weighted by Gasteiger charge is -2.23. The van der Waals surface area contributed by atoms with Gasteiger partial charge in [0.1, 0.15) is 10.7 Å². The average molecular weight is 331 g/mol. The molecule has 0 saturated carbocycles. The molecule has 1 rings (SSSR count). The third-order valence-electron chi connectivity index (χ3n) is 4.08. The number of aliphatic hydroxyl groups is 1. The molecule has 1 aromatic rings. The quantitative estimate of drug-likeness (QED) is 0.768. The van der Waals surface area contributed by atoms with Crippen molar-refractivity contribution in [1.82, 2.24) is 5.32 Å². The van der Waals surface area contributed by atoms with Gasteiger partial charge in [0.05, 0.1) is 6.10 Å². The Morgan fingerprint density at radius 3 is 2.32 bits per heavy atom. The summed E-state index contributed by atoms with van der Waals surface area (Å²) in [6, 6.07) is 3.94. The van der Waals surface area contributed by atoms with E-state index in [4.69, 9.17) is 0 Å². The summed E-state index contributed by atoms with van der Waals surface area (Å²) in [5.74, 6) is -0.502. The molecule has 2 unspecified atom stereocenters. The molecule has 1 aromatic carbocycles. The van der Waals surface area contributed by atoms with Crippen LogP contribution in [0.1, 0.15) is 45.2 Å². The van der Waals surface area contributed by atoms with E-state index in [1.165, 1.54) is 12.1 Å². The molecule has 0 aromatic heterocycles. The van der Waals surface area contributed by atoms with Crippen molar-refractivity contribution < 1.29 is 17.9 Å². The fraction of sp³-hybridized carbons (Fsp3) is 0.625. The molecule has 2 atom stereocenters. The molecule has 0 radical (unpaired) electrons. The van der Waals surface area contributed by atoms with Gasteiger partial charge in [-0.25, -0.2) is 12.8 Å². The van der Waals surface area contributed by atoms with Crippen molar-refractivity contribution in [3.05, 3.63) is 29.6 Å². The summed E-state index contributed by atoms with van der Waals surface area (Å²) in [7, 11) is -3.56. The molecular weight excluding hydrogens is 305 g/mol. The smallest absolute Gasteiger partial charge is 0.178 e. The molecular formula is C16H26FNO3S. The molecule has 0 aliphatic carbocycles. The second-order valence-electron chi connectivity index (χ2n) is 5.74. The Labute approximate surface area is 132 Å². The van der Waals surface area contributed by atoms with Gasteiger partial charge in [-0.2, -0.15) is 0 Å². The minimum absolute atomic E-state index is 0.174. The first kappa shape index (κ1) is 19.1. The largest absolute Gasteiger partial charge is 0.392 e. The Morgan fingerprint density at radius 2 is 1.86 bits per heavy atom. The van der Waals surface area contributed by atoms with Crippen molar-refractivity contribution >= 4 is 9.84 Å². The normalized spacial score (nSPS) is 15.0. The van der Waals surface area contributed by atoms with Gasteiger partial charge in [0.2, 0.25) is 0 Å². The first-order chi connectivity index (χ1) is 10.2. The van der Waals surface area contributed by atoms with E-state index < -0.39 is 21.8 Å². The van der Waals surface area contributed by atoms with Crippen LogP contribution in [0.4, 0.5) is 4.39 Å². The van der Waals surface area contributed by atoms with Crippen molar-refractivity contribution in [3.63, 3.8) is 0 Å². The van der Waals surface area contributed by atoms with E-state index in [2.05, 4.69) is 5.32 Å². The molecule has 0 heterocycles. The molecule has 0 amide bonds. The highest BCUT2D eigenvalue weighted by Gasteiger charge is 2.18. The molecule has 4 nitrogen and oxygen atoms in total. The van der Waals surface area contributed by atoms with Crippen molar-refractivity contribution in [1.29, 1.82) is 0 Å². The molecule has 0 spiro atoms. The predicted octanol–water partition coefficient (Wildman–Crippen LogP) is 2.68. The topological polar surface area (TPSA) is 66.4 Å². The monoisotopic (exact) mass is 331 g/mol. The predicted molar refractivity (Wildman–Crippen MR) is 86.0 cm³/mol. The second kappa shape index (κ2) is 8.04. The first-order valence-corrected chi connectivity index (χ1v) is 9.50. The molecule has 0 saturated heterocycles. The van der Waals surface area contributed by atoms with Crippen LogP contribution in [0.25, 0.3) is 0 Å². The zero-order chi connectivity index (χ0) is 16.9. The zero-order valence-electron chi connectivity index (χ0n) is 13.6. The van der Waals surface area contributed by atoms with Crippen LogP contribution in [0.5, 0.6) is 0 Å². The van der Waals surface area contributed by atoms with Crippen molar-refractivity contribution in [2.24, 2.45) is 5.92 Å². The highest BCUT2D eigenvalue weighted by Crippen LogP contribution is 2.20. The Balaban J connectivity index is 2.75. The van der Waals surface area contributed by atoms with E-state index in [-0.39, 0.29) is 16.9 Å². The lowest BCUT2D eigenvalue weighted by Crippen LogP contribution is -2.34. The number of rotatable bonds is 8. The Hall–Kier alpha value is -0.980. The highest BCUT2D eigenvalue weighted by molar-refractivity contribution is 7.90. The van der Waals surface area contributed by atoms with Crippen molar-refractivity contribution in [2.45, 2.75) is 50.7 Å². The molecule has 126 valence electrons. The minimum Gasteiger partial charge on any atom is -0.392 e. The van der Waals surface area contributed by atoms with E-state index in [0.717, 1.165) is 19.1 Å². The van der Waals surface area contributed by atoms with Gasteiger partial charge in [0.25, 0.3) is 0 Å². The van der Waals surface area contributed by atoms with Crippen molar-refractivity contribution in [3.8, 4) is 0 Å². The van der Waals surface area contributed by atoms with Crippen LogP contribution < -0.4 is 5.32 Å². The van der Waals surface area contributed by atoms with Gasteiger partial charge in [-0.1, -0.05) is 32.8 Å². The summed E-state index contributed by atoms with van der Waals surface area (Å²) in [5.41, 5.74) is 0.654. The van der Waals surface area contributed by atoms with Crippen molar-refractivity contribution in [2.75, 3.05) is 12.8 Å². The fourth-order valence-electron chi connectivity index (χ4n) is 2.50. The lowest BCUT2D eigenvalue weighted by molar-refractivity contribution is 0.0989. The molecule has 22 heavy (non-hydrogen) atoms. The molecule has 0 aliphatic rings. The number of benzene rings is 1. The SMILES string of the molecule is CCC(CC)C(O)CNC(C)c1ccc(S(C)(=O)=O)c(F)c1. The number of halogens is 1. The summed E-state index contributed by atoms with van der Waals surface area (Å²) in [4.78, 5) is -0.291. The van der Waals surface area contributed by atoms with E-state index in [9.17, 15) is 17.9 Å². The summed E-state index contributed by atoms with van der Waals surface area (Å²) >= 11 is 0. The van der Waals surface area contributed by atoms with Crippen LogP contribution in [-0.2, 0) is 9.84 Å².